The Hall–Kier alpha value is -5.00. The molecule has 0 aliphatic heterocycles. The molecule has 0 spiro atoms. The van der Waals surface area contributed by atoms with Crippen molar-refractivity contribution >= 4 is 23.1 Å². The highest BCUT2D eigenvalue weighted by molar-refractivity contribution is 5.97. The Balaban J connectivity index is 0.00000112. The van der Waals surface area contributed by atoms with E-state index in [0.29, 0.717) is 12.1 Å². The lowest BCUT2D eigenvalue weighted by atomic mass is 10.0. The van der Waals surface area contributed by atoms with Crippen LogP contribution in [0.15, 0.2) is 97.1 Å². The molecule has 0 aliphatic rings. The molecule has 5 aromatic rings. The number of hydrogen-bond acceptors (Lipinski definition) is 5. The molecule has 5 rings (SSSR count). The van der Waals surface area contributed by atoms with Crippen LogP contribution in [0.1, 0.15) is 40.3 Å². The van der Waals surface area contributed by atoms with Crippen molar-refractivity contribution in [3.05, 3.63) is 120 Å². The van der Waals surface area contributed by atoms with Gasteiger partial charge in [-0.25, -0.2) is 4.98 Å². The normalized spacial score (nSPS) is 11.2. The Morgan fingerprint density at radius 2 is 1.62 bits per heavy atom. The number of nitrogens with zero attached hydrogens (tertiary/aromatic N) is 2. The van der Waals surface area contributed by atoms with Crippen LogP contribution in [-0.2, 0) is 16.1 Å². The summed E-state index contributed by atoms with van der Waals surface area (Å²) in [4.78, 5) is 34.1. The molecule has 0 radical (unpaired) electrons. The number of aryl methyl sites for hydroxylation is 1. The third-order valence-corrected chi connectivity index (χ3v) is 6.54. The molecule has 4 aromatic carbocycles. The molecular weight excluding hydrogens is 490 g/mol. The minimum atomic E-state index is -0.155. The number of ether oxygens (including phenoxy) is 1. The lowest BCUT2D eigenvalue weighted by Crippen LogP contribution is -2.26. The number of carbonyl (C=O) groups excluding carboxylic acids is 3. The average Bonchev–Trinajstić information content (AvgIpc) is 3.28. The first-order valence-corrected chi connectivity index (χ1v) is 12.5. The summed E-state index contributed by atoms with van der Waals surface area (Å²) in [5, 5.41) is 3.10. The number of benzene rings is 4. The zero-order chi connectivity index (χ0) is 27.8. The van der Waals surface area contributed by atoms with Crippen molar-refractivity contribution in [2.24, 2.45) is 0 Å². The molecule has 1 N–H and O–H groups in total. The number of aromatic nitrogens is 2. The van der Waals surface area contributed by atoms with E-state index in [2.05, 4.69) is 58.4 Å². The van der Waals surface area contributed by atoms with Crippen molar-refractivity contribution in [3.63, 3.8) is 0 Å². The van der Waals surface area contributed by atoms with Gasteiger partial charge in [0.25, 0.3) is 5.91 Å². The minimum Gasteiger partial charge on any atom is -0.497 e. The van der Waals surface area contributed by atoms with Crippen LogP contribution in [0.5, 0.6) is 5.75 Å². The molecule has 0 aliphatic carbocycles. The fraction of sp³-hybridized carbons (Fsp3) is 0.156. The SMILES string of the molecule is COc1cccc([C@H](C)NC(=O)c2ccc3nc(C)n(Cc4ccc(-c5ccccc5)cc4)c3c2)c1.O=C=O. The van der Waals surface area contributed by atoms with Gasteiger partial charge < -0.3 is 14.6 Å². The predicted octanol–water partition coefficient (Wildman–Crippen LogP) is 5.98. The molecule has 1 atom stereocenters. The number of hydrogen-bond donors (Lipinski definition) is 1. The first-order chi connectivity index (χ1) is 18.9. The van der Waals surface area contributed by atoms with Crippen LogP contribution in [0.4, 0.5) is 0 Å². The maximum atomic E-state index is 13.1. The summed E-state index contributed by atoms with van der Waals surface area (Å²) in [5.41, 5.74) is 7.00. The van der Waals surface area contributed by atoms with E-state index < -0.39 is 0 Å². The highest BCUT2D eigenvalue weighted by Crippen LogP contribution is 2.24. The molecule has 0 fully saturated rings. The van der Waals surface area contributed by atoms with Gasteiger partial charge in [-0.05, 0) is 66.4 Å². The molecule has 1 heterocycles. The van der Waals surface area contributed by atoms with Crippen molar-refractivity contribution in [1.29, 1.82) is 0 Å². The largest absolute Gasteiger partial charge is 0.497 e. The summed E-state index contributed by atoms with van der Waals surface area (Å²) in [6.07, 6.45) is 0.250. The highest BCUT2D eigenvalue weighted by atomic mass is 16.5. The monoisotopic (exact) mass is 519 g/mol. The van der Waals surface area contributed by atoms with Crippen LogP contribution in [0, 0.1) is 6.92 Å². The lowest BCUT2D eigenvalue weighted by molar-refractivity contribution is -0.191. The summed E-state index contributed by atoms with van der Waals surface area (Å²) in [6, 6.07) is 32.2. The maximum absolute atomic E-state index is 13.1. The first-order valence-electron chi connectivity index (χ1n) is 12.5. The van der Waals surface area contributed by atoms with Crippen molar-refractivity contribution in [3.8, 4) is 16.9 Å². The smallest absolute Gasteiger partial charge is 0.373 e. The Kier molecular flexibility index (Phi) is 8.67. The summed E-state index contributed by atoms with van der Waals surface area (Å²) in [7, 11) is 1.64. The average molecular weight is 520 g/mol. The molecule has 1 aromatic heterocycles. The van der Waals surface area contributed by atoms with Gasteiger partial charge in [0, 0.05) is 12.1 Å². The molecule has 7 heteroatoms. The van der Waals surface area contributed by atoms with E-state index in [-0.39, 0.29) is 18.1 Å². The molecular formula is C32H29N3O4. The predicted molar refractivity (Wildman–Crippen MR) is 149 cm³/mol. The number of rotatable bonds is 7. The number of carbonyl (C=O) groups is 1. The van der Waals surface area contributed by atoms with Crippen LogP contribution in [0.25, 0.3) is 22.2 Å². The lowest BCUT2D eigenvalue weighted by Gasteiger charge is -2.15. The van der Waals surface area contributed by atoms with Gasteiger partial charge in [-0.15, -0.1) is 0 Å². The Bertz CT molecular complexity index is 1600. The van der Waals surface area contributed by atoms with Crippen LogP contribution in [0.3, 0.4) is 0 Å². The molecule has 7 nitrogen and oxygen atoms in total. The van der Waals surface area contributed by atoms with Crippen LogP contribution >= 0.6 is 0 Å². The molecule has 0 saturated carbocycles. The van der Waals surface area contributed by atoms with E-state index in [0.717, 1.165) is 28.2 Å². The van der Waals surface area contributed by atoms with E-state index in [9.17, 15) is 4.79 Å². The minimum absolute atomic E-state index is 0.121. The topological polar surface area (TPSA) is 90.3 Å². The van der Waals surface area contributed by atoms with Gasteiger partial charge >= 0.3 is 6.15 Å². The number of fused-ring (bicyclic) bond motifs is 1. The zero-order valence-electron chi connectivity index (χ0n) is 22.0. The van der Waals surface area contributed by atoms with Gasteiger partial charge in [0.05, 0.1) is 24.2 Å². The van der Waals surface area contributed by atoms with Crippen LogP contribution in [0.2, 0.25) is 0 Å². The van der Waals surface area contributed by atoms with E-state index in [1.165, 1.54) is 16.7 Å². The third kappa shape index (κ3) is 6.47. The molecule has 39 heavy (non-hydrogen) atoms. The van der Waals surface area contributed by atoms with Gasteiger partial charge in [-0.2, -0.15) is 9.59 Å². The molecule has 0 saturated heterocycles. The van der Waals surface area contributed by atoms with Crippen molar-refractivity contribution in [1.82, 2.24) is 14.9 Å². The van der Waals surface area contributed by atoms with Gasteiger partial charge in [0.1, 0.15) is 11.6 Å². The zero-order valence-corrected chi connectivity index (χ0v) is 22.0. The van der Waals surface area contributed by atoms with E-state index in [1.807, 2.05) is 62.4 Å². The van der Waals surface area contributed by atoms with E-state index in [1.54, 1.807) is 7.11 Å². The summed E-state index contributed by atoms with van der Waals surface area (Å²) < 4.78 is 7.48. The number of methoxy groups -OCH3 is 1. The Labute approximate surface area is 227 Å². The summed E-state index contributed by atoms with van der Waals surface area (Å²) in [6.45, 7) is 4.66. The van der Waals surface area contributed by atoms with E-state index >= 15 is 0 Å². The van der Waals surface area contributed by atoms with Crippen LogP contribution in [-0.4, -0.2) is 28.7 Å². The summed E-state index contributed by atoms with van der Waals surface area (Å²) in [5.74, 6) is 1.57. The fourth-order valence-corrected chi connectivity index (χ4v) is 4.47. The molecule has 196 valence electrons. The van der Waals surface area contributed by atoms with E-state index in [4.69, 9.17) is 19.3 Å². The Morgan fingerprint density at radius 3 is 2.31 bits per heavy atom. The Morgan fingerprint density at radius 1 is 0.923 bits per heavy atom. The highest BCUT2D eigenvalue weighted by Gasteiger charge is 2.15. The van der Waals surface area contributed by atoms with Gasteiger partial charge in [-0.3, -0.25) is 4.79 Å². The second-order valence-electron chi connectivity index (χ2n) is 9.07. The van der Waals surface area contributed by atoms with Gasteiger partial charge in [-0.1, -0.05) is 66.7 Å². The van der Waals surface area contributed by atoms with Gasteiger partial charge in [0.15, 0.2) is 0 Å². The fourth-order valence-electron chi connectivity index (χ4n) is 4.47. The van der Waals surface area contributed by atoms with Gasteiger partial charge in [0.2, 0.25) is 0 Å². The van der Waals surface area contributed by atoms with Crippen molar-refractivity contribution in [2.75, 3.05) is 7.11 Å². The second kappa shape index (κ2) is 12.5. The van der Waals surface area contributed by atoms with Crippen LogP contribution < -0.4 is 10.1 Å². The number of amides is 1. The molecule has 1 amide bonds. The third-order valence-electron chi connectivity index (χ3n) is 6.54. The number of imidazole rings is 1. The van der Waals surface area contributed by atoms with Crippen molar-refractivity contribution in [2.45, 2.75) is 26.4 Å². The molecule has 0 unspecified atom stereocenters. The quantitative estimate of drug-likeness (QED) is 0.286. The summed E-state index contributed by atoms with van der Waals surface area (Å²) >= 11 is 0. The molecule has 0 bridgehead atoms. The first kappa shape index (κ1) is 27.0. The maximum Gasteiger partial charge on any atom is 0.373 e. The second-order valence-corrected chi connectivity index (χ2v) is 9.07. The number of nitrogens with one attached hydrogen (secondary N) is 1. The van der Waals surface area contributed by atoms with Crippen molar-refractivity contribution < 1.29 is 19.1 Å². The standard InChI is InChI=1S/C31H29N3O2.CO2/c1-21(26-10-7-11-28(18-26)36-3)32-31(35)27-16-17-29-30(19-27)34(22(2)33-29)20-23-12-14-25(15-13-23)24-8-5-4-6-9-24;2-1-3/h4-19,21H,20H2,1-3H3,(H,32,35);/t21-;/m0./s1.